The van der Waals surface area contributed by atoms with Gasteiger partial charge in [-0.25, -0.2) is 9.78 Å². The molecule has 0 fully saturated rings. The first-order valence-electron chi connectivity index (χ1n) is 5.74. The van der Waals surface area contributed by atoms with Gasteiger partial charge in [-0.1, -0.05) is 15.9 Å². The molecule has 2 aromatic rings. The molecule has 0 spiro atoms. The summed E-state index contributed by atoms with van der Waals surface area (Å²) in [7, 11) is 3.11. The molecule has 0 radical (unpaired) electrons. The molecule has 0 atom stereocenters. The van der Waals surface area contributed by atoms with Crippen molar-refractivity contribution in [3.8, 4) is 0 Å². The van der Waals surface area contributed by atoms with Crippen molar-refractivity contribution in [3.05, 3.63) is 27.2 Å². The number of alkyl halides is 1. The van der Waals surface area contributed by atoms with E-state index in [-0.39, 0.29) is 11.2 Å². The van der Waals surface area contributed by atoms with Gasteiger partial charge in [-0.05, 0) is 12.8 Å². The van der Waals surface area contributed by atoms with Crippen molar-refractivity contribution >= 4 is 27.1 Å². The van der Waals surface area contributed by atoms with Gasteiger partial charge in [0.15, 0.2) is 11.2 Å². The average molecular weight is 315 g/mol. The summed E-state index contributed by atoms with van der Waals surface area (Å²) in [5, 5.41) is 0.941. The SMILES string of the molecule is Cn1c(=O)c2c(ncn2CCCCBr)n(C)c1=O. The van der Waals surface area contributed by atoms with Crippen molar-refractivity contribution in [1.82, 2.24) is 18.7 Å². The summed E-state index contributed by atoms with van der Waals surface area (Å²) in [6, 6.07) is 0. The molecule has 0 aromatic carbocycles. The minimum Gasteiger partial charge on any atom is -0.325 e. The first kappa shape index (κ1) is 13.1. The fraction of sp³-hybridized carbons (Fsp3) is 0.545. The third-order valence-corrected chi connectivity index (χ3v) is 3.56. The van der Waals surface area contributed by atoms with E-state index in [0.717, 1.165) is 29.3 Å². The maximum Gasteiger partial charge on any atom is 0.332 e. The molecule has 0 amide bonds. The quantitative estimate of drug-likeness (QED) is 0.613. The van der Waals surface area contributed by atoms with Gasteiger partial charge < -0.3 is 4.57 Å². The molecule has 0 saturated heterocycles. The molecular formula is C11H15BrN4O2. The van der Waals surface area contributed by atoms with E-state index in [1.54, 1.807) is 13.4 Å². The Morgan fingerprint density at radius 3 is 2.61 bits per heavy atom. The topological polar surface area (TPSA) is 61.8 Å². The molecule has 2 rings (SSSR count). The highest BCUT2D eigenvalue weighted by Gasteiger charge is 2.13. The van der Waals surface area contributed by atoms with Crippen LogP contribution in [0.4, 0.5) is 0 Å². The second-order valence-corrected chi connectivity index (χ2v) is 5.01. The largest absolute Gasteiger partial charge is 0.332 e. The number of nitrogens with zero attached hydrogens (tertiary/aromatic N) is 4. The fourth-order valence-electron chi connectivity index (χ4n) is 1.94. The van der Waals surface area contributed by atoms with Crippen LogP contribution in [0, 0.1) is 0 Å². The van der Waals surface area contributed by atoms with Crippen LogP contribution in [-0.2, 0) is 20.6 Å². The smallest absolute Gasteiger partial charge is 0.325 e. The van der Waals surface area contributed by atoms with Crippen molar-refractivity contribution in [2.24, 2.45) is 14.1 Å². The van der Waals surface area contributed by atoms with E-state index < -0.39 is 0 Å². The van der Waals surface area contributed by atoms with E-state index in [0.29, 0.717) is 11.2 Å². The van der Waals surface area contributed by atoms with Crippen LogP contribution in [0.5, 0.6) is 0 Å². The van der Waals surface area contributed by atoms with Gasteiger partial charge in [-0.3, -0.25) is 13.9 Å². The Balaban J connectivity index is 2.59. The minimum atomic E-state index is -0.349. The highest BCUT2D eigenvalue weighted by atomic mass is 79.9. The molecule has 7 heteroatoms. The van der Waals surface area contributed by atoms with E-state index >= 15 is 0 Å². The Morgan fingerprint density at radius 1 is 1.22 bits per heavy atom. The zero-order valence-corrected chi connectivity index (χ0v) is 12.0. The van der Waals surface area contributed by atoms with E-state index in [1.165, 1.54) is 11.6 Å². The predicted molar refractivity (Wildman–Crippen MR) is 73.2 cm³/mol. The molecule has 0 aliphatic rings. The monoisotopic (exact) mass is 314 g/mol. The number of aromatic nitrogens is 4. The summed E-state index contributed by atoms with van der Waals surface area (Å²) in [4.78, 5) is 28.0. The van der Waals surface area contributed by atoms with Crippen molar-refractivity contribution in [1.29, 1.82) is 0 Å². The number of imidazole rings is 1. The molecule has 2 aromatic heterocycles. The lowest BCUT2D eigenvalue weighted by atomic mass is 10.3. The van der Waals surface area contributed by atoms with Gasteiger partial charge in [0, 0.05) is 26.0 Å². The molecule has 0 unspecified atom stereocenters. The maximum absolute atomic E-state index is 12.1. The summed E-state index contributed by atoms with van der Waals surface area (Å²) in [5.41, 5.74) is 0.304. The van der Waals surface area contributed by atoms with Crippen LogP contribution >= 0.6 is 15.9 Å². The Hall–Kier alpha value is -1.37. The lowest BCUT2D eigenvalue weighted by molar-refractivity contribution is 0.642. The number of halogens is 1. The molecule has 0 aliphatic carbocycles. The van der Waals surface area contributed by atoms with Gasteiger partial charge in [0.05, 0.1) is 6.33 Å². The Bertz CT molecular complexity index is 683. The molecular weight excluding hydrogens is 300 g/mol. The fourth-order valence-corrected chi connectivity index (χ4v) is 2.34. The molecule has 0 saturated carbocycles. The zero-order chi connectivity index (χ0) is 13.3. The van der Waals surface area contributed by atoms with Crippen molar-refractivity contribution < 1.29 is 0 Å². The van der Waals surface area contributed by atoms with Gasteiger partial charge in [-0.2, -0.15) is 0 Å². The first-order valence-corrected chi connectivity index (χ1v) is 6.87. The van der Waals surface area contributed by atoms with Crippen LogP contribution in [0.3, 0.4) is 0 Å². The minimum absolute atomic E-state index is 0.288. The number of aryl methyl sites for hydroxylation is 2. The number of fused-ring (bicyclic) bond motifs is 1. The Labute approximate surface area is 112 Å². The second kappa shape index (κ2) is 5.09. The Kier molecular flexibility index (Phi) is 3.70. The van der Waals surface area contributed by atoms with Crippen LogP contribution in [0.1, 0.15) is 12.8 Å². The standard InChI is InChI=1S/C11H15BrN4O2/c1-14-9-8(10(17)15(2)11(14)18)16(7-13-9)6-4-3-5-12/h7H,3-6H2,1-2H3. The van der Waals surface area contributed by atoms with Crippen LogP contribution in [0.25, 0.3) is 11.2 Å². The van der Waals surface area contributed by atoms with Crippen LogP contribution < -0.4 is 11.2 Å². The number of unbranched alkanes of at least 4 members (excludes halogenated alkanes) is 1. The Morgan fingerprint density at radius 2 is 1.94 bits per heavy atom. The normalized spacial score (nSPS) is 11.3. The highest BCUT2D eigenvalue weighted by molar-refractivity contribution is 9.09. The highest BCUT2D eigenvalue weighted by Crippen LogP contribution is 2.07. The van der Waals surface area contributed by atoms with Crippen molar-refractivity contribution in [2.45, 2.75) is 19.4 Å². The molecule has 0 aliphatic heterocycles. The summed E-state index contributed by atoms with van der Waals surface area (Å²) in [6.45, 7) is 0.732. The number of hydrogen-bond donors (Lipinski definition) is 0. The van der Waals surface area contributed by atoms with E-state index in [1.807, 2.05) is 4.57 Å². The zero-order valence-electron chi connectivity index (χ0n) is 10.4. The first-order chi connectivity index (χ1) is 8.57. The van der Waals surface area contributed by atoms with Gasteiger partial charge in [-0.15, -0.1) is 0 Å². The second-order valence-electron chi connectivity index (χ2n) is 4.21. The molecule has 2 heterocycles. The predicted octanol–water partition coefficient (Wildman–Crippen LogP) is 0.609. The molecule has 18 heavy (non-hydrogen) atoms. The lowest BCUT2D eigenvalue weighted by Crippen LogP contribution is -2.37. The molecule has 98 valence electrons. The van der Waals surface area contributed by atoms with Crippen LogP contribution in [0.15, 0.2) is 15.9 Å². The maximum atomic E-state index is 12.1. The average Bonchev–Trinajstić information content (AvgIpc) is 2.78. The summed E-state index contributed by atoms with van der Waals surface area (Å²) in [5.74, 6) is 0. The van der Waals surface area contributed by atoms with E-state index in [4.69, 9.17) is 0 Å². The van der Waals surface area contributed by atoms with Crippen molar-refractivity contribution in [3.63, 3.8) is 0 Å². The van der Waals surface area contributed by atoms with E-state index in [9.17, 15) is 9.59 Å². The van der Waals surface area contributed by atoms with Gasteiger partial charge >= 0.3 is 5.69 Å². The molecule has 0 bridgehead atoms. The van der Waals surface area contributed by atoms with Crippen molar-refractivity contribution in [2.75, 3.05) is 5.33 Å². The summed E-state index contributed by atoms with van der Waals surface area (Å²) in [6.07, 6.45) is 3.62. The third-order valence-electron chi connectivity index (χ3n) is 3.00. The van der Waals surface area contributed by atoms with Gasteiger partial charge in [0.1, 0.15) is 0 Å². The third kappa shape index (κ3) is 2.03. The van der Waals surface area contributed by atoms with Crippen LogP contribution in [0.2, 0.25) is 0 Å². The van der Waals surface area contributed by atoms with Gasteiger partial charge in [0.25, 0.3) is 5.56 Å². The molecule has 6 nitrogen and oxygen atoms in total. The summed E-state index contributed by atoms with van der Waals surface area (Å²) >= 11 is 3.37. The number of hydrogen-bond acceptors (Lipinski definition) is 3. The van der Waals surface area contributed by atoms with E-state index in [2.05, 4.69) is 20.9 Å². The lowest BCUT2D eigenvalue weighted by Gasteiger charge is -2.06. The molecule has 0 N–H and O–H groups in total. The van der Waals surface area contributed by atoms with Crippen LogP contribution in [-0.4, -0.2) is 24.0 Å². The number of rotatable bonds is 4. The van der Waals surface area contributed by atoms with Gasteiger partial charge in [0.2, 0.25) is 0 Å². The summed E-state index contributed by atoms with van der Waals surface area (Å²) < 4.78 is 4.34.